The molecule has 0 radical (unpaired) electrons. The first-order valence-electron chi connectivity index (χ1n) is 18.5. The van der Waals surface area contributed by atoms with E-state index in [4.69, 9.17) is 14.2 Å². The summed E-state index contributed by atoms with van der Waals surface area (Å²) in [6.07, 6.45) is 17.0. The van der Waals surface area contributed by atoms with Gasteiger partial charge in [-0.25, -0.2) is 4.79 Å². The summed E-state index contributed by atoms with van der Waals surface area (Å²) in [7, 11) is 0. The lowest BCUT2D eigenvalue weighted by Gasteiger charge is -2.30. The summed E-state index contributed by atoms with van der Waals surface area (Å²) in [5.41, 5.74) is -2.70. The molecule has 1 N–H and O–H groups in total. The van der Waals surface area contributed by atoms with Crippen molar-refractivity contribution in [1.82, 2.24) is 0 Å². The van der Waals surface area contributed by atoms with E-state index in [0.29, 0.717) is 37.0 Å². The van der Waals surface area contributed by atoms with E-state index in [0.717, 1.165) is 77.6 Å². The zero-order valence-corrected chi connectivity index (χ0v) is 30.7. The van der Waals surface area contributed by atoms with Crippen molar-refractivity contribution >= 4 is 23.7 Å². The van der Waals surface area contributed by atoms with Crippen LogP contribution in [-0.2, 0) is 33.4 Å². The Bertz CT molecular complexity index is 822. The highest BCUT2D eigenvalue weighted by Gasteiger charge is 2.54. The molecule has 0 amide bonds. The maximum absolute atomic E-state index is 13.3. The molecule has 0 bridgehead atoms. The first-order valence-corrected chi connectivity index (χ1v) is 18.5. The molecule has 8 heteroatoms. The fourth-order valence-corrected chi connectivity index (χ4v) is 5.55. The number of esters is 3. The molecule has 46 heavy (non-hydrogen) atoms. The second kappa shape index (κ2) is 27.0. The monoisotopic (exact) mass is 655 g/mol. The van der Waals surface area contributed by atoms with E-state index in [9.17, 15) is 24.3 Å². The Morgan fingerprint density at radius 1 is 0.522 bits per heavy atom. The highest BCUT2D eigenvalue weighted by molar-refractivity contribution is 6.05. The van der Waals surface area contributed by atoms with Gasteiger partial charge in [0.05, 0.1) is 26.2 Å². The minimum absolute atomic E-state index is 0.0215. The largest absolute Gasteiger partial charge is 0.466 e. The Balaban J connectivity index is 5.14. The number of carbonyl (C=O) groups is 4. The number of aliphatic hydroxyl groups is 1. The number of rotatable bonds is 30. The van der Waals surface area contributed by atoms with Crippen LogP contribution in [0.3, 0.4) is 0 Å². The number of hydrogen-bond donors (Lipinski definition) is 1. The molecular weight excluding hydrogens is 584 g/mol. The lowest BCUT2D eigenvalue weighted by molar-refractivity contribution is -0.187. The Labute approximate surface area is 281 Å². The first-order chi connectivity index (χ1) is 21.8. The predicted molar refractivity (Wildman–Crippen MR) is 184 cm³/mol. The summed E-state index contributed by atoms with van der Waals surface area (Å²) in [6, 6.07) is 0. The standard InChI is InChI=1S/C38H70O8/c1-30(2)23-17-11-8-14-20-26-44-34(40)29-38(43,37(42)46-28-22-16-10-13-19-25-32(5)6)35(33(7)39)36(41)45-27-21-15-9-12-18-24-31(3)4/h30-32,35,43H,8-29H2,1-7H3. The highest BCUT2D eigenvalue weighted by Crippen LogP contribution is 2.28. The van der Waals surface area contributed by atoms with Gasteiger partial charge in [0.25, 0.3) is 0 Å². The third-order valence-corrected chi connectivity index (χ3v) is 8.41. The number of carbonyl (C=O) groups excluding carboxylic acids is 4. The van der Waals surface area contributed by atoms with Crippen LogP contribution in [-0.4, -0.2) is 54.2 Å². The third kappa shape index (κ3) is 22.5. The van der Waals surface area contributed by atoms with Crippen LogP contribution in [0.4, 0.5) is 0 Å². The second-order valence-corrected chi connectivity index (χ2v) is 14.5. The molecule has 2 atom stereocenters. The van der Waals surface area contributed by atoms with Gasteiger partial charge < -0.3 is 19.3 Å². The lowest BCUT2D eigenvalue weighted by Crippen LogP contribution is -2.55. The van der Waals surface area contributed by atoms with Crippen LogP contribution >= 0.6 is 0 Å². The molecule has 0 aromatic heterocycles. The van der Waals surface area contributed by atoms with Crippen LogP contribution in [0.1, 0.15) is 170 Å². The molecule has 0 aliphatic heterocycles. The van der Waals surface area contributed by atoms with E-state index in [1.165, 1.54) is 25.7 Å². The van der Waals surface area contributed by atoms with Crippen molar-refractivity contribution in [1.29, 1.82) is 0 Å². The Morgan fingerprint density at radius 3 is 1.26 bits per heavy atom. The van der Waals surface area contributed by atoms with Crippen LogP contribution < -0.4 is 0 Å². The van der Waals surface area contributed by atoms with Gasteiger partial charge in [-0.1, -0.05) is 138 Å². The molecule has 0 aromatic rings. The van der Waals surface area contributed by atoms with Gasteiger partial charge >= 0.3 is 17.9 Å². The summed E-state index contributed by atoms with van der Waals surface area (Å²) < 4.78 is 16.1. The molecule has 8 nitrogen and oxygen atoms in total. The summed E-state index contributed by atoms with van der Waals surface area (Å²) in [4.78, 5) is 51.9. The topological polar surface area (TPSA) is 116 Å². The number of Topliss-reactive ketones (excluding diaryl/α,β-unsaturated/α-hetero) is 1. The molecule has 0 aliphatic rings. The Kier molecular flexibility index (Phi) is 25.9. The molecule has 0 aliphatic carbocycles. The minimum Gasteiger partial charge on any atom is -0.466 e. The van der Waals surface area contributed by atoms with Crippen LogP contribution in [0.25, 0.3) is 0 Å². The van der Waals surface area contributed by atoms with Crippen molar-refractivity contribution in [3.05, 3.63) is 0 Å². The number of hydrogen-bond acceptors (Lipinski definition) is 8. The van der Waals surface area contributed by atoms with Gasteiger partial charge in [0, 0.05) is 0 Å². The fraction of sp³-hybridized carbons (Fsp3) is 0.895. The maximum Gasteiger partial charge on any atom is 0.340 e. The van der Waals surface area contributed by atoms with E-state index < -0.39 is 41.6 Å². The minimum atomic E-state index is -2.70. The van der Waals surface area contributed by atoms with Gasteiger partial charge in [-0.05, 0) is 43.9 Å². The maximum atomic E-state index is 13.3. The lowest BCUT2D eigenvalue weighted by atomic mass is 9.81. The van der Waals surface area contributed by atoms with E-state index in [2.05, 4.69) is 41.5 Å². The summed E-state index contributed by atoms with van der Waals surface area (Å²) in [5.74, 6) is -3.66. The van der Waals surface area contributed by atoms with Crippen LogP contribution in [0.2, 0.25) is 0 Å². The van der Waals surface area contributed by atoms with Crippen LogP contribution in [0, 0.1) is 23.7 Å². The predicted octanol–water partition coefficient (Wildman–Crippen LogP) is 8.93. The molecule has 0 spiro atoms. The zero-order valence-electron chi connectivity index (χ0n) is 30.7. The fourth-order valence-electron chi connectivity index (χ4n) is 5.55. The van der Waals surface area contributed by atoms with E-state index in [-0.39, 0.29) is 19.8 Å². The van der Waals surface area contributed by atoms with Crippen molar-refractivity contribution < 1.29 is 38.5 Å². The number of unbranched alkanes of at least 4 members (excludes halogenated alkanes) is 12. The highest BCUT2D eigenvalue weighted by atomic mass is 16.6. The van der Waals surface area contributed by atoms with Crippen molar-refractivity contribution in [3.63, 3.8) is 0 Å². The van der Waals surface area contributed by atoms with Crippen LogP contribution in [0.15, 0.2) is 0 Å². The smallest absolute Gasteiger partial charge is 0.340 e. The molecule has 0 rings (SSSR count). The van der Waals surface area contributed by atoms with E-state index >= 15 is 0 Å². The van der Waals surface area contributed by atoms with Gasteiger partial charge in [0.2, 0.25) is 0 Å². The Morgan fingerprint density at radius 2 is 0.870 bits per heavy atom. The normalized spacial score (nSPS) is 13.5. The molecule has 0 aromatic carbocycles. The zero-order chi connectivity index (χ0) is 34.8. The number of ether oxygens (including phenoxy) is 3. The average Bonchev–Trinajstić information content (AvgIpc) is 2.96. The van der Waals surface area contributed by atoms with Crippen molar-refractivity contribution in [2.75, 3.05) is 19.8 Å². The van der Waals surface area contributed by atoms with Crippen molar-refractivity contribution in [2.24, 2.45) is 23.7 Å². The summed E-state index contributed by atoms with van der Waals surface area (Å²) in [6.45, 7) is 14.6. The van der Waals surface area contributed by atoms with Gasteiger partial charge in [0.1, 0.15) is 5.78 Å². The second-order valence-electron chi connectivity index (χ2n) is 14.5. The van der Waals surface area contributed by atoms with Crippen molar-refractivity contribution in [3.8, 4) is 0 Å². The molecule has 0 heterocycles. The average molecular weight is 655 g/mol. The van der Waals surface area contributed by atoms with Crippen LogP contribution in [0.5, 0.6) is 0 Å². The van der Waals surface area contributed by atoms with Gasteiger partial charge in [-0.3, -0.25) is 14.4 Å². The Hall–Kier alpha value is -1.96. The number of ketones is 1. The van der Waals surface area contributed by atoms with E-state index in [1.807, 2.05) is 0 Å². The first kappa shape index (κ1) is 44.0. The molecular formula is C38H70O8. The van der Waals surface area contributed by atoms with Crippen molar-refractivity contribution in [2.45, 2.75) is 176 Å². The SMILES string of the molecule is CC(=O)C(C(=O)OCCCCCCCC(C)C)C(O)(CC(=O)OCCCCCCCC(C)C)C(=O)OCCCCCCCC(C)C. The molecule has 2 unspecified atom stereocenters. The van der Waals surface area contributed by atoms with Gasteiger partial charge in [-0.15, -0.1) is 0 Å². The quantitative estimate of drug-likeness (QED) is 0.0353. The molecule has 270 valence electrons. The van der Waals surface area contributed by atoms with Gasteiger partial charge in [0.15, 0.2) is 11.5 Å². The summed E-state index contributed by atoms with van der Waals surface area (Å²) >= 11 is 0. The summed E-state index contributed by atoms with van der Waals surface area (Å²) in [5, 5.41) is 11.6. The van der Waals surface area contributed by atoms with E-state index in [1.54, 1.807) is 0 Å². The molecule has 0 saturated carbocycles. The molecule has 0 saturated heterocycles. The third-order valence-electron chi connectivity index (χ3n) is 8.41. The van der Waals surface area contributed by atoms with Gasteiger partial charge in [-0.2, -0.15) is 0 Å². The molecule has 0 fully saturated rings.